The van der Waals surface area contributed by atoms with E-state index in [4.69, 9.17) is 0 Å². The van der Waals surface area contributed by atoms with Gasteiger partial charge in [-0.3, -0.25) is 4.79 Å². The first-order valence-corrected chi connectivity index (χ1v) is 8.22. The van der Waals surface area contributed by atoms with Crippen LogP contribution in [0.5, 0.6) is 0 Å². The lowest BCUT2D eigenvalue weighted by molar-refractivity contribution is -0.153. The van der Waals surface area contributed by atoms with Gasteiger partial charge in [-0.25, -0.2) is 8.42 Å². The molecule has 1 N–H and O–H groups in total. The zero-order chi connectivity index (χ0) is 12.5. The molecule has 2 aliphatic rings. The second-order valence-corrected chi connectivity index (χ2v) is 7.70. The smallest absolute Gasteiger partial charge is 0.309 e. The average molecular weight is 260 g/mol. The lowest BCUT2D eigenvalue weighted by Gasteiger charge is -2.33. The molecule has 1 saturated heterocycles. The third kappa shape index (κ3) is 2.49. The Balaban J connectivity index is 2.25. The molecule has 5 heteroatoms. The second kappa shape index (κ2) is 4.59. The van der Waals surface area contributed by atoms with Gasteiger partial charge in [0.1, 0.15) is 0 Å². The summed E-state index contributed by atoms with van der Waals surface area (Å²) >= 11 is 0. The van der Waals surface area contributed by atoms with Gasteiger partial charge in [-0.05, 0) is 25.2 Å². The van der Waals surface area contributed by atoms with E-state index in [1.54, 1.807) is 0 Å². The average Bonchev–Trinajstić information content (AvgIpc) is 2.52. The minimum atomic E-state index is -2.99. The van der Waals surface area contributed by atoms with Crippen LogP contribution in [0.3, 0.4) is 0 Å². The predicted molar refractivity (Wildman–Crippen MR) is 64.5 cm³/mol. The summed E-state index contributed by atoms with van der Waals surface area (Å²) in [5, 5.41) is 9.55. The molecule has 1 aliphatic carbocycles. The maximum atomic E-state index is 11.6. The van der Waals surface area contributed by atoms with E-state index < -0.39 is 21.2 Å². The molecular formula is C12H20O4S. The van der Waals surface area contributed by atoms with Gasteiger partial charge in [0, 0.05) is 0 Å². The number of carbonyl (C=O) groups is 1. The summed E-state index contributed by atoms with van der Waals surface area (Å²) in [6.45, 7) is 0. The molecule has 0 aromatic carbocycles. The summed E-state index contributed by atoms with van der Waals surface area (Å²) < 4.78 is 23.1. The normalized spacial score (nSPS) is 31.9. The number of rotatable bonds is 2. The zero-order valence-corrected chi connectivity index (χ0v) is 10.8. The first-order chi connectivity index (χ1) is 7.96. The number of sulfone groups is 1. The van der Waals surface area contributed by atoms with Crippen LogP contribution in [0.2, 0.25) is 0 Å². The van der Waals surface area contributed by atoms with Crippen LogP contribution >= 0.6 is 0 Å². The molecule has 0 radical (unpaired) electrons. The van der Waals surface area contributed by atoms with Crippen molar-refractivity contribution in [3.05, 3.63) is 0 Å². The molecule has 1 aliphatic heterocycles. The molecule has 0 aromatic heterocycles. The maximum Gasteiger partial charge on any atom is 0.309 e. The monoisotopic (exact) mass is 260 g/mol. The van der Waals surface area contributed by atoms with Gasteiger partial charge in [0.05, 0.1) is 16.9 Å². The van der Waals surface area contributed by atoms with Crippen LogP contribution in [0, 0.1) is 11.3 Å². The van der Waals surface area contributed by atoms with E-state index in [0.29, 0.717) is 19.3 Å². The molecule has 1 saturated carbocycles. The summed E-state index contributed by atoms with van der Waals surface area (Å²) in [6, 6.07) is 0. The molecule has 1 heterocycles. The SMILES string of the molecule is O=C(O)C1(C2CCS(=O)(=O)C2)CCCCCC1. The summed E-state index contributed by atoms with van der Waals surface area (Å²) in [7, 11) is -2.99. The molecule has 4 nitrogen and oxygen atoms in total. The summed E-state index contributed by atoms with van der Waals surface area (Å²) in [6.07, 6.45) is 5.84. The molecule has 2 rings (SSSR count). The highest BCUT2D eigenvalue weighted by atomic mass is 32.2. The molecule has 0 amide bonds. The Hall–Kier alpha value is -0.580. The topological polar surface area (TPSA) is 71.4 Å². The molecule has 2 fully saturated rings. The van der Waals surface area contributed by atoms with Crippen LogP contribution in [0.15, 0.2) is 0 Å². The molecular weight excluding hydrogens is 240 g/mol. The van der Waals surface area contributed by atoms with Gasteiger partial charge in [-0.1, -0.05) is 25.7 Å². The summed E-state index contributed by atoms with van der Waals surface area (Å²) in [5.74, 6) is -0.684. The van der Waals surface area contributed by atoms with Crippen molar-refractivity contribution < 1.29 is 18.3 Å². The van der Waals surface area contributed by atoms with Gasteiger partial charge in [0.2, 0.25) is 0 Å². The Labute approximate surface area is 102 Å². The van der Waals surface area contributed by atoms with E-state index in [1.807, 2.05) is 0 Å². The van der Waals surface area contributed by atoms with Crippen molar-refractivity contribution in [3.63, 3.8) is 0 Å². The molecule has 98 valence electrons. The minimum Gasteiger partial charge on any atom is -0.481 e. The Morgan fingerprint density at radius 2 is 1.71 bits per heavy atom. The molecule has 17 heavy (non-hydrogen) atoms. The standard InChI is InChI=1S/C12H20O4S/c13-11(14)12(6-3-1-2-4-7-12)10-5-8-17(15,16)9-10/h10H,1-9H2,(H,13,14). The molecule has 0 bridgehead atoms. The van der Waals surface area contributed by atoms with Crippen LogP contribution in [0.25, 0.3) is 0 Å². The van der Waals surface area contributed by atoms with Crippen molar-refractivity contribution in [1.82, 2.24) is 0 Å². The van der Waals surface area contributed by atoms with Crippen molar-refractivity contribution in [2.24, 2.45) is 11.3 Å². The van der Waals surface area contributed by atoms with E-state index in [9.17, 15) is 18.3 Å². The summed E-state index contributed by atoms with van der Waals surface area (Å²) in [5.41, 5.74) is -0.764. The zero-order valence-electron chi connectivity index (χ0n) is 10.0. The van der Waals surface area contributed by atoms with Crippen molar-refractivity contribution in [1.29, 1.82) is 0 Å². The highest BCUT2D eigenvalue weighted by molar-refractivity contribution is 7.91. The minimum absolute atomic E-state index is 0.0826. The van der Waals surface area contributed by atoms with Gasteiger partial charge in [-0.2, -0.15) is 0 Å². The van der Waals surface area contributed by atoms with Crippen LogP contribution in [-0.4, -0.2) is 31.0 Å². The number of hydrogen-bond acceptors (Lipinski definition) is 3. The van der Waals surface area contributed by atoms with Crippen LogP contribution in [0.4, 0.5) is 0 Å². The van der Waals surface area contributed by atoms with Crippen molar-refractivity contribution in [2.45, 2.75) is 44.9 Å². The van der Waals surface area contributed by atoms with E-state index in [-0.39, 0.29) is 17.4 Å². The molecule has 0 spiro atoms. The van der Waals surface area contributed by atoms with Gasteiger partial charge in [-0.15, -0.1) is 0 Å². The summed E-state index contributed by atoms with van der Waals surface area (Å²) in [4.78, 5) is 11.6. The van der Waals surface area contributed by atoms with Crippen LogP contribution < -0.4 is 0 Å². The van der Waals surface area contributed by atoms with Gasteiger partial charge >= 0.3 is 5.97 Å². The number of aliphatic carboxylic acids is 1. The van der Waals surface area contributed by atoms with Crippen molar-refractivity contribution >= 4 is 15.8 Å². The van der Waals surface area contributed by atoms with E-state index >= 15 is 0 Å². The quantitative estimate of drug-likeness (QED) is 0.769. The van der Waals surface area contributed by atoms with Gasteiger partial charge < -0.3 is 5.11 Å². The Kier molecular flexibility index (Phi) is 3.48. The van der Waals surface area contributed by atoms with Crippen LogP contribution in [-0.2, 0) is 14.6 Å². The van der Waals surface area contributed by atoms with Crippen molar-refractivity contribution in [3.8, 4) is 0 Å². The van der Waals surface area contributed by atoms with Crippen LogP contribution in [0.1, 0.15) is 44.9 Å². The maximum absolute atomic E-state index is 11.6. The second-order valence-electron chi connectivity index (χ2n) is 5.48. The molecule has 0 aromatic rings. The number of carboxylic acid groups (broad SMARTS) is 1. The van der Waals surface area contributed by atoms with Crippen molar-refractivity contribution in [2.75, 3.05) is 11.5 Å². The van der Waals surface area contributed by atoms with E-state index in [0.717, 1.165) is 25.7 Å². The Morgan fingerprint density at radius 3 is 2.12 bits per heavy atom. The molecule has 1 atom stereocenters. The highest BCUT2D eigenvalue weighted by Crippen LogP contribution is 2.46. The fraction of sp³-hybridized carbons (Fsp3) is 0.917. The molecule has 1 unspecified atom stereocenters. The first kappa shape index (κ1) is 12.9. The predicted octanol–water partition coefficient (Wildman–Crippen LogP) is 1.85. The van der Waals surface area contributed by atoms with Gasteiger partial charge in [0.15, 0.2) is 9.84 Å². The van der Waals surface area contributed by atoms with E-state index in [2.05, 4.69) is 0 Å². The fourth-order valence-corrected chi connectivity index (χ4v) is 5.30. The number of carboxylic acids is 1. The third-order valence-electron chi connectivity index (χ3n) is 4.44. The fourth-order valence-electron chi connectivity index (χ4n) is 3.39. The lowest BCUT2D eigenvalue weighted by atomic mass is 9.69. The Morgan fingerprint density at radius 1 is 1.12 bits per heavy atom. The largest absolute Gasteiger partial charge is 0.481 e. The lowest BCUT2D eigenvalue weighted by Crippen LogP contribution is -2.39. The first-order valence-electron chi connectivity index (χ1n) is 6.40. The van der Waals surface area contributed by atoms with Gasteiger partial charge in [0.25, 0.3) is 0 Å². The Bertz CT molecular complexity index is 391. The third-order valence-corrected chi connectivity index (χ3v) is 6.20. The van der Waals surface area contributed by atoms with E-state index in [1.165, 1.54) is 0 Å². The highest BCUT2D eigenvalue weighted by Gasteiger charge is 2.49. The number of hydrogen-bond donors (Lipinski definition) is 1.